The zero-order chi connectivity index (χ0) is 9.19. The Morgan fingerprint density at radius 2 is 2.00 bits per heavy atom. The normalized spacial score (nSPS) is 26.5. The topological polar surface area (TPSA) is 3.24 Å². The smallest absolute Gasteiger partial charge is 0.000709 e. The molecule has 0 aromatic heterocycles. The molecule has 12 heavy (non-hydrogen) atoms. The van der Waals surface area contributed by atoms with E-state index >= 15 is 0 Å². The predicted molar refractivity (Wildman–Crippen MR) is 54.3 cm³/mol. The highest BCUT2D eigenvalue weighted by molar-refractivity contribution is 4.75. The highest BCUT2D eigenvalue weighted by Crippen LogP contribution is 2.27. The molecule has 1 atom stereocenters. The molecule has 1 aliphatic rings. The van der Waals surface area contributed by atoms with Crippen LogP contribution in [0, 0.1) is 11.3 Å². The molecule has 0 aliphatic carbocycles. The van der Waals surface area contributed by atoms with Crippen LogP contribution in [0.15, 0.2) is 0 Å². The molecule has 0 radical (unpaired) electrons. The van der Waals surface area contributed by atoms with E-state index in [1.165, 1.54) is 32.4 Å². The minimum atomic E-state index is 0.529. The fourth-order valence-corrected chi connectivity index (χ4v) is 1.90. The van der Waals surface area contributed by atoms with E-state index in [9.17, 15) is 0 Å². The maximum Gasteiger partial charge on any atom is 0.000709 e. The van der Waals surface area contributed by atoms with E-state index in [0.29, 0.717) is 5.41 Å². The lowest BCUT2D eigenvalue weighted by Gasteiger charge is -2.20. The van der Waals surface area contributed by atoms with Crippen LogP contribution in [0.5, 0.6) is 0 Å². The van der Waals surface area contributed by atoms with Crippen LogP contribution in [0.2, 0.25) is 0 Å². The van der Waals surface area contributed by atoms with Gasteiger partial charge in [-0.15, -0.1) is 0 Å². The third-order valence-electron chi connectivity index (χ3n) is 2.79. The fraction of sp³-hybridized carbons (Fsp3) is 1.00. The second-order valence-electron chi connectivity index (χ2n) is 5.52. The Bertz CT molecular complexity index is 134. The van der Waals surface area contributed by atoms with E-state index in [4.69, 9.17) is 0 Å². The lowest BCUT2D eigenvalue weighted by Crippen LogP contribution is -2.15. The first-order valence-electron chi connectivity index (χ1n) is 5.16. The van der Waals surface area contributed by atoms with Gasteiger partial charge in [0.25, 0.3) is 0 Å². The van der Waals surface area contributed by atoms with Gasteiger partial charge in [-0.25, -0.2) is 0 Å². The van der Waals surface area contributed by atoms with Crippen molar-refractivity contribution in [1.29, 1.82) is 0 Å². The standard InChI is InChI=1S/C11H23N/c1-11(2,3)7-5-10-6-8-12(4)9-10/h10H,5-9H2,1-4H3/t10-/m1/s1. The van der Waals surface area contributed by atoms with Crippen LogP contribution in [-0.4, -0.2) is 25.0 Å². The van der Waals surface area contributed by atoms with Crippen LogP contribution in [0.4, 0.5) is 0 Å². The molecule has 72 valence electrons. The van der Waals surface area contributed by atoms with Gasteiger partial charge < -0.3 is 4.90 Å². The van der Waals surface area contributed by atoms with Gasteiger partial charge in [0.2, 0.25) is 0 Å². The fourth-order valence-electron chi connectivity index (χ4n) is 1.90. The van der Waals surface area contributed by atoms with Crippen molar-refractivity contribution in [3.8, 4) is 0 Å². The van der Waals surface area contributed by atoms with Crippen LogP contribution >= 0.6 is 0 Å². The molecule has 0 aromatic carbocycles. The summed E-state index contributed by atoms with van der Waals surface area (Å²) in [6.45, 7) is 9.66. The molecule has 0 aromatic rings. The van der Waals surface area contributed by atoms with Crippen LogP contribution in [0.3, 0.4) is 0 Å². The van der Waals surface area contributed by atoms with Gasteiger partial charge in [-0.1, -0.05) is 20.8 Å². The number of rotatable bonds is 2. The number of hydrogen-bond donors (Lipinski definition) is 0. The summed E-state index contributed by atoms with van der Waals surface area (Å²) in [4.78, 5) is 2.45. The third-order valence-corrected chi connectivity index (χ3v) is 2.79. The monoisotopic (exact) mass is 169 g/mol. The average molecular weight is 169 g/mol. The molecular formula is C11H23N. The van der Waals surface area contributed by atoms with Crippen molar-refractivity contribution in [2.24, 2.45) is 11.3 Å². The molecule has 1 saturated heterocycles. The Hall–Kier alpha value is -0.0400. The molecule has 0 N–H and O–H groups in total. The summed E-state index contributed by atoms with van der Waals surface area (Å²) in [6.07, 6.45) is 4.23. The molecule has 0 amide bonds. The Morgan fingerprint density at radius 1 is 1.33 bits per heavy atom. The van der Waals surface area contributed by atoms with E-state index in [-0.39, 0.29) is 0 Å². The Morgan fingerprint density at radius 3 is 2.42 bits per heavy atom. The minimum absolute atomic E-state index is 0.529. The van der Waals surface area contributed by atoms with Crippen LogP contribution in [-0.2, 0) is 0 Å². The lowest BCUT2D eigenvalue weighted by molar-refractivity contribution is 0.316. The second-order valence-corrected chi connectivity index (χ2v) is 5.52. The largest absolute Gasteiger partial charge is 0.306 e. The molecule has 1 rings (SSSR count). The van der Waals surface area contributed by atoms with E-state index < -0.39 is 0 Å². The van der Waals surface area contributed by atoms with Gasteiger partial charge in [-0.3, -0.25) is 0 Å². The molecule has 1 heterocycles. The maximum atomic E-state index is 2.45. The molecule has 1 nitrogen and oxygen atoms in total. The van der Waals surface area contributed by atoms with Gasteiger partial charge in [0.05, 0.1) is 0 Å². The molecule has 0 spiro atoms. The van der Waals surface area contributed by atoms with Crippen LogP contribution in [0.1, 0.15) is 40.0 Å². The average Bonchev–Trinajstić information content (AvgIpc) is 2.30. The molecule has 1 aliphatic heterocycles. The summed E-state index contributed by atoms with van der Waals surface area (Å²) in [6, 6.07) is 0. The van der Waals surface area contributed by atoms with Gasteiger partial charge in [0.1, 0.15) is 0 Å². The molecule has 1 heteroatoms. The predicted octanol–water partition coefficient (Wildman–Crippen LogP) is 2.76. The van der Waals surface area contributed by atoms with Crippen LogP contribution in [0.25, 0.3) is 0 Å². The van der Waals surface area contributed by atoms with Crippen molar-refractivity contribution in [3.05, 3.63) is 0 Å². The van der Waals surface area contributed by atoms with E-state index in [1.807, 2.05) is 0 Å². The van der Waals surface area contributed by atoms with Gasteiger partial charge >= 0.3 is 0 Å². The van der Waals surface area contributed by atoms with Crippen molar-refractivity contribution in [1.82, 2.24) is 4.90 Å². The summed E-state index contributed by atoms with van der Waals surface area (Å²) in [5.74, 6) is 0.981. The summed E-state index contributed by atoms with van der Waals surface area (Å²) < 4.78 is 0. The molecule has 0 unspecified atom stereocenters. The van der Waals surface area contributed by atoms with Crippen molar-refractivity contribution < 1.29 is 0 Å². The van der Waals surface area contributed by atoms with Crippen molar-refractivity contribution in [2.45, 2.75) is 40.0 Å². The Kier molecular flexibility index (Phi) is 3.16. The quantitative estimate of drug-likeness (QED) is 0.614. The van der Waals surface area contributed by atoms with Gasteiger partial charge in [-0.05, 0) is 44.2 Å². The molecule has 0 saturated carbocycles. The Labute approximate surface area is 77.1 Å². The molecule has 1 fully saturated rings. The Balaban J connectivity index is 2.16. The summed E-state index contributed by atoms with van der Waals surface area (Å²) in [5.41, 5.74) is 0.529. The zero-order valence-electron chi connectivity index (χ0n) is 9.06. The number of nitrogens with zero attached hydrogens (tertiary/aromatic N) is 1. The van der Waals surface area contributed by atoms with Crippen molar-refractivity contribution >= 4 is 0 Å². The van der Waals surface area contributed by atoms with Gasteiger partial charge in [0.15, 0.2) is 0 Å². The first kappa shape index (κ1) is 10.0. The SMILES string of the molecule is CN1CC[C@@H](CCC(C)(C)C)C1. The van der Waals surface area contributed by atoms with Crippen molar-refractivity contribution in [2.75, 3.05) is 20.1 Å². The number of hydrogen-bond acceptors (Lipinski definition) is 1. The second kappa shape index (κ2) is 3.78. The van der Waals surface area contributed by atoms with Gasteiger partial charge in [0, 0.05) is 6.54 Å². The van der Waals surface area contributed by atoms with E-state index in [2.05, 4.69) is 32.7 Å². The third kappa shape index (κ3) is 3.57. The first-order chi connectivity index (χ1) is 5.47. The first-order valence-corrected chi connectivity index (χ1v) is 5.16. The molecular weight excluding hydrogens is 146 g/mol. The van der Waals surface area contributed by atoms with Gasteiger partial charge in [-0.2, -0.15) is 0 Å². The molecule has 0 bridgehead atoms. The highest BCUT2D eigenvalue weighted by atomic mass is 15.1. The summed E-state index contributed by atoms with van der Waals surface area (Å²) in [5, 5.41) is 0. The summed E-state index contributed by atoms with van der Waals surface area (Å²) in [7, 11) is 2.23. The zero-order valence-corrected chi connectivity index (χ0v) is 9.06. The minimum Gasteiger partial charge on any atom is -0.306 e. The van der Waals surface area contributed by atoms with Crippen LogP contribution < -0.4 is 0 Å². The summed E-state index contributed by atoms with van der Waals surface area (Å²) >= 11 is 0. The van der Waals surface area contributed by atoms with E-state index in [1.54, 1.807) is 0 Å². The maximum absolute atomic E-state index is 2.45. The highest BCUT2D eigenvalue weighted by Gasteiger charge is 2.21. The van der Waals surface area contributed by atoms with Crippen molar-refractivity contribution in [3.63, 3.8) is 0 Å². The lowest BCUT2D eigenvalue weighted by atomic mass is 9.86. The number of likely N-dealkylation sites (tertiary alicyclic amines) is 1. The van der Waals surface area contributed by atoms with E-state index in [0.717, 1.165) is 5.92 Å².